The van der Waals surface area contributed by atoms with E-state index in [4.69, 9.17) is 0 Å². The van der Waals surface area contributed by atoms with Gasteiger partial charge in [-0.3, -0.25) is 9.59 Å². The number of rotatable bonds is 3. The number of carbonyl (C=O) groups excluding carboxylic acids is 1. The van der Waals surface area contributed by atoms with Crippen molar-refractivity contribution in [3.05, 3.63) is 34.2 Å². The maximum absolute atomic E-state index is 12.8. The lowest BCUT2D eigenvalue weighted by Crippen LogP contribution is -2.47. The van der Waals surface area contributed by atoms with E-state index in [1.165, 1.54) is 25.1 Å². The summed E-state index contributed by atoms with van der Waals surface area (Å²) in [6.45, 7) is 4.09. The van der Waals surface area contributed by atoms with Crippen LogP contribution in [0.2, 0.25) is 0 Å². The van der Waals surface area contributed by atoms with Crippen LogP contribution in [0.1, 0.15) is 29.6 Å². The lowest BCUT2D eigenvalue weighted by molar-refractivity contribution is 0.0666. The summed E-state index contributed by atoms with van der Waals surface area (Å²) in [5, 5.41) is 0. The molecule has 1 aromatic rings. The molecule has 1 unspecified atom stereocenters. The molecule has 1 N–H and O–H groups in total. The van der Waals surface area contributed by atoms with Gasteiger partial charge in [-0.25, -0.2) is 0 Å². The Kier molecular flexibility index (Phi) is 5.20. The predicted molar refractivity (Wildman–Crippen MR) is 89.5 cm³/mol. The van der Waals surface area contributed by atoms with Crippen molar-refractivity contribution in [1.29, 1.82) is 0 Å². The number of likely N-dealkylation sites (tertiary alicyclic amines) is 1. The molecule has 2 aliphatic rings. The summed E-state index contributed by atoms with van der Waals surface area (Å²) in [7, 11) is 0. The van der Waals surface area contributed by atoms with E-state index in [0.29, 0.717) is 5.56 Å². The van der Waals surface area contributed by atoms with Crippen LogP contribution in [0.3, 0.4) is 0 Å². The van der Waals surface area contributed by atoms with Gasteiger partial charge in [0.2, 0.25) is 5.56 Å². The van der Waals surface area contributed by atoms with E-state index in [2.05, 4.69) is 9.88 Å². The molecule has 6 heteroatoms. The number of H-pyrrole nitrogens is 1. The first-order chi connectivity index (χ1) is 10.7. The van der Waals surface area contributed by atoms with Gasteiger partial charge in [0.15, 0.2) is 0 Å². The normalized spacial score (nSPS) is 23.5. The van der Waals surface area contributed by atoms with Gasteiger partial charge in [-0.2, -0.15) is 11.8 Å². The molecule has 3 heterocycles. The van der Waals surface area contributed by atoms with Crippen molar-refractivity contribution in [1.82, 2.24) is 14.8 Å². The number of aromatic nitrogens is 1. The highest BCUT2D eigenvalue weighted by atomic mass is 32.2. The summed E-state index contributed by atoms with van der Waals surface area (Å²) < 4.78 is 0. The van der Waals surface area contributed by atoms with Crippen molar-refractivity contribution >= 4 is 17.7 Å². The van der Waals surface area contributed by atoms with Gasteiger partial charge >= 0.3 is 0 Å². The minimum absolute atomic E-state index is 0.0444. The second-order valence-electron chi connectivity index (χ2n) is 6.03. The number of carbonyl (C=O) groups is 1. The highest BCUT2D eigenvalue weighted by Gasteiger charge is 2.29. The van der Waals surface area contributed by atoms with Crippen molar-refractivity contribution in [3.8, 4) is 0 Å². The van der Waals surface area contributed by atoms with Crippen LogP contribution in [0.15, 0.2) is 23.1 Å². The van der Waals surface area contributed by atoms with Crippen molar-refractivity contribution in [2.24, 2.45) is 0 Å². The van der Waals surface area contributed by atoms with Gasteiger partial charge in [0.25, 0.3) is 5.91 Å². The van der Waals surface area contributed by atoms with E-state index in [0.717, 1.165) is 44.1 Å². The standard InChI is InChI=1S/C16H23N3O2S/c20-15-5-4-13(10-17-15)16(21)19-8-3-9-22-12-14(19)11-18-6-1-2-7-18/h4-5,10,14H,1-3,6-9,11-12H2,(H,17,20). The first kappa shape index (κ1) is 15.6. The Morgan fingerprint density at radius 1 is 1.23 bits per heavy atom. The Bertz CT molecular complexity index is 548. The predicted octanol–water partition coefficient (Wildman–Crippen LogP) is 1.42. The quantitative estimate of drug-likeness (QED) is 0.915. The summed E-state index contributed by atoms with van der Waals surface area (Å²) in [5.41, 5.74) is 0.412. The summed E-state index contributed by atoms with van der Waals surface area (Å²) in [5.74, 6) is 2.17. The fraction of sp³-hybridized carbons (Fsp3) is 0.625. The molecule has 5 nitrogen and oxygen atoms in total. The number of nitrogens with one attached hydrogen (secondary N) is 1. The van der Waals surface area contributed by atoms with Gasteiger partial charge in [-0.1, -0.05) is 0 Å². The first-order valence-corrected chi connectivity index (χ1v) is 9.19. The van der Waals surface area contributed by atoms with Gasteiger partial charge < -0.3 is 14.8 Å². The van der Waals surface area contributed by atoms with Crippen LogP contribution < -0.4 is 5.56 Å². The molecule has 2 aliphatic heterocycles. The number of amides is 1. The number of hydrogen-bond acceptors (Lipinski definition) is 4. The molecule has 1 atom stereocenters. The third kappa shape index (κ3) is 3.73. The highest BCUT2D eigenvalue weighted by molar-refractivity contribution is 7.99. The molecule has 22 heavy (non-hydrogen) atoms. The van der Waals surface area contributed by atoms with E-state index in [9.17, 15) is 9.59 Å². The number of nitrogens with zero attached hydrogens (tertiary/aromatic N) is 2. The molecule has 1 amide bonds. The van der Waals surface area contributed by atoms with Crippen molar-refractivity contribution in [2.75, 3.05) is 37.7 Å². The number of pyridine rings is 1. The average molecular weight is 321 g/mol. The zero-order valence-electron chi connectivity index (χ0n) is 12.8. The monoisotopic (exact) mass is 321 g/mol. The highest BCUT2D eigenvalue weighted by Crippen LogP contribution is 2.21. The van der Waals surface area contributed by atoms with Gasteiger partial charge in [0.05, 0.1) is 11.6 Å². The van der Waals surface area contributed by atoms with Crippen LogP contribution in [-0.4, -0.2) is 64.4 Å². The molecule has 0 saturated carbocycles. The van der Waals surface area contributed by atoms with Crippen molar-refractivity contribution in [2.45, 2.75) is 25.3 Å². The topological polar surface area (TPSA) is 56.4 Å². The van der Waals surface area contributed by atoms with Crippen LogP contribution >= 0.6 is 11.8 Å². The molecule has 0 bridgehead atoms. The molecule has 1 aromatic heterocycles. The maximum atomic E-state index is 12.8. The van der Waals surface area contributed by atoms with Gasteiger partial charge in [-0.15, -0.1) is 0 Å². The molecule has 3 rings (SSSR count). The largest absolute Gasteiger partial charge is 0.333 e. The molecule has 120 valence electrons. The first-order valence-electron chi connectivity index (χ1n) is 8.04. The second-order valence-corrected chi connectivity index (χ2v) is 7.18. The molecule has 2 saturated heterocycles. The fourth-order valence-electron chi connectivity index (χ4n) is 3.22. The van der Waals surface area contributed by atoms with Gasteiger partial charge in [-0.05, 0) is 44.2 Å². The number of aromatic amines is 1. The molecule has 0 aromatic carbocycles. The third-order valence-corrected chi connectivity index (χ3v) is 5.60. The lowest BCUT2D eigenvalue weighted by atomic mass is 10.2. The molecule has 2 fully saturated rings. The summed E-state index contributed by atoms with van der Waals surface area (Å²) >= 11 is 1.95. The Labute approximate surface area is 135 Å². The summed E-state index contributed by atoms with van der Waals surface area (Å²) in [6.07, 6.45) is 5.12. The van der Waals surface area contributed by atoms with E-state index in [-0.39, 0.29) is 17.5 Å². The van der Waals surface area contributed by atoms with Crippen LogP contribution in [-0.2, 0) is 0 Å². The summed E-state index contributed by atoms with van der Waals surface area (Å²) in [6, 6.07) is 3.33. The molecular formula is C16H23N3O2S. The minimum atomic E-state index is -0.170. The van der Waals surface area contributed by atoms with E-state index >= 15 is 0 Å². The maximum Gasteiger partial charge on any atom is 0.255 e. The Morgan fingerprint density at radius 2 is 2.05 bits per heavy atom. The van der Waals surface area contributed by atoms with Gasteiger partial charge in [0, 0.05) is 31.1 Å². The fourth-order valence-corrected chi connectivity index (χ4v) is 4.28. The Morgan fingerprint density at radius 3 is 2.77 bits per heavy atom. The number of thioether (sulfide) groups is 1. The SMILES string of the molecule is O=C(c1ccc(=O)[nH]c1)N1CCCSCC1CN1CCCC1. The van der Waals surface area contributed by atoms with Crippen molar-refractivity contribution in [3.63, 3.8) is 0 Å². The molecule has 0 aliphatic carbocycles. The van der Waals surface area contributed by atoms with E-state index in [1.807, 2.05) is 16.7 Å². The van der Waals surface area contributed by atoms with Crippen LogP contribution in [0, 0.1) is 0 Å². The zero-order chi connectivity index (χ0) is 15.4. The van der Waals surface area contributed by atoms with Crippen LogP contribution in [0.25, 0.3) is 0 Å². The Hall–Kier alpha value is -1.27. The zero-order valence-corrected chi connectivity index (χ0v) is 13.6. The molecule has 0 radical (unpaired) electrons. The van der Waals surface area contributed by atoms with Gasteiger partial charge in [0.1, 0.15) is 0 Å². The molecule has 0 spiro atoms. The third-order valence-electron chi connectivity index (χ3n) is 4.40. The second kappa shape index (κ2) is 7.33. The van der Waals surface area contributed by atoms with E-state index in [1.54, 1.807) is 6.07 Å². The van der Waals surface area contributed by atoms with Crippen molar-refractivity contribution < 1.29 is 4.79 Å². The Balaban J connectivity index is 1.75. The van der Waals surface area contributed by atoms with Crippen LogP contribution in [0.4, 0.5) is 0 Å². The average Bonchev–Trinajstić information content (AvgIpc) is 2.92. The lowest BCUT2D eigenvalue weighted by Gasteiger charge is -2.32. The summed E-state index contributed by atoms with van der Waals surface area (Å²) in [4.78, 5) is 31.1. The minimum Gasteiger partial charge on any atom is -0.333 e. The van der Waals surface area contributed by atoms with Crippen LogP contribution in [0.5, 0.6) is 0 Å². The smallest absolute Gasteiger partial charge is 0.255 e. The number of hydrogen-bond donors (Lipinski definition) is 1. The van der Waals surface area contributed by atoms with E-state index < -0.39 is 0 Å². The molecular weight excluding hydrogens is 298 g/mol.